The molecule has 0 amide bonds. The lowest BCUT2D eigenvalue weighted by molar-refractivity contribution is 0.185. The van der Waals surface area contributed by atoms with Gasteiger partial charge in [0.15, 0.2) is 0 Å². The average molecular weight is 228 g/mol. The highest BCUT2D eigenvalue weighted by atomic mass is 32.2. The van der Waals surface area contributed by atoms with Gasteiger partial charge in [0.25, 0.3) is 0 Å². The van der Waals surface area contributed by atoms with Gasteiger partial charge >= 0.3 is 0 Å². The SMILES string of the molecule is NCC1CN(C2CCCCCC2)CCS1. The van der Waals surface area contributed by atoms with Crippen molar-refractivity contribution < 1.29 is 0 Å². The van der Waals surface area contributed by atoms with E-state index in [1.165, 1.54) is 57.4 Å². The monoisotopic (exact) mass is 228 g/mol. The Bertz CT molecular complexity index is 178. The lowest BCUT2D eigenvalue weighted by atomic mass is 10.1. The van der Waals surface area contributed by atoms with Crippen LogP contribution in [0.5, 0.6) is 0 Å². The molecule has 0 aromatic carbocycles. The zero-order valence-electron chi connectivity index (χ0n) is 9.66. The molecule has 1 aliphatic carbocycles. The second-order valence-corrected chi connectivity index (χ2v) is 6.28. The van der Waals surface area contributed by atoms with Gasteiger partial charge in [0, 0.05) is 36.7 Å². The number of rotatable bonds is 2. The van der Waals surface area contributed by atoms with Crippen LogP contribution < -0.4 is 5.73 Å². The molecule has 0 radical (unpaired) electrons. The first-order chi connectivity index (χ1) is 7.40. The number of nitrogens with zero attached hydrogens (tertiary/aromatic N) is 1. The molecule has 0 bridgehead atoms. The van der Waals surface area contributed by atoms with Crippen LogP contribution in [-0.2, 0) is 0 Å². The minimum absolute atomic E-state index is 0.696. The Morgan fingerprint density at radius 2 is 1.87 bits per heavy atom. The molecule has 1 heterocycles. The third-order valence-electron chi connectivity index (χ3n) is 3.77. The van der Waals surface area contributed by atoms with Gasteiger partial charge < -0.3 is 5.73 Å². The summed E-state index contributed by atoms with van der Waals surface area (Å²) in [6, 6.07) is 0.877. The first-order valence-corrected chi connectivity index (χ1v) is 7.51. The van der Waals surface area contributed by atoms with E-state index < -0.39 is 0 Å². The Morgan fingerprint density at radius 1 is 1.13 bits per heavy atom. The van der Waals surface area contributed by atoms with Gasteiger partial charge in [-0.25, -0.2) is 0 Å². The minimum Gasteiger partial charge on any atom is -0.329 e. The molecule has 0 spiro atoms. The summed E-state index contributed by atoms with van der Waals surface area (Å²) in [5, 5.41) is 0.696. The molecule has 1 unspecified atom stereocenters. The molecule has 1 saturated carbocycles. The van der Waals surface area contributed by atoms with Gasteiger partial charge in [0.05, 0.1) is 0 Å². The van der Waals surface area contributed by atoms with Gasteiger partial charge in [-0.15, -0.1) is 0 Å². The fraction of sp³-hybridized carbons (Fsp3) is 1.00. The number of hydrogen-bond acceptors (Lipinski definition) is 3. The molecule has 3 heteroatoms. The summed E-state index contributed by atoms with van der Waals surface area (Å²) in [6.07, 6.45) is 8.67. The summed E-state index contributed by atoms with van der Waals surface area (Å²) < 4.78 is 0. The number of thioether (sulfide) groups is 1. The molecule has 88 valence electrons. The maximum atomic E-state index is 5.78. The maximum Gasteiger partial charge on any atom is 0.0298 e. The van der Waals surface area contributed by atoms with E-state index in [-0.39, 0.29) is 0 Å². The highest BCUT2D eigenvalue weighted by molar-refractivity contribution is 8.00. The lowest BCUT2D eigenvalue weighted by Gasteiger charge is -2.37. The molecule has 0 aromatic heterocycles. The Labute approximate surface area is 98.0 Å². The van der Waals surface area contributed by atoms with Crippen LogP contribution in [0, 0.1) is 0 Å². The Balaban J connectivity index is 1.84. The Morgan fingerprint density at radius 3 is 2.53 bits per heavy atom. The van der Waals surface area contributed by atoms with Crippen LogP contribution in [0.3, 0.4) is 0 Å². The molecular formula is C12H24N2S. The third-order valence-corrected chi connectivity index (χ3v) is 5.01. The maximum absolute atomic E-state index is 5.78. The molecule has 2 aliphatic rings. The van der Waals surface area contributed by atoms with Crippen LogP contribution in [0.15, 0.2) is 0 Å². The van der Waals surface area contributed by atoms with Gasteiger partial charge in [-0.3, -0.25) is 4.90 Å². The summed E-state index contributed by atoms with van der Waals surface area (Å²) in [6.45, 7) is 3.39. The zero-order chi connectivity index (χ0) is 10.5. The van der Waals surface area contributed by atoms with Crippen LogP contribution in [0.4, 0.5) is 0 Å². The molecule has 15 heavy (non-hydrogen) atoms. The largest absolute Gasteiger partial charge is 0.329 e. The van der Waals surface area contributed by atoms with Gasteiger partial charge in [-0.05, 0) is 12.8 Å². The summed E-state index contributed by atoms with van der Waals surface area (Å²) in [4.78, 5) is 2.72. The van der Waals surface area contributed by atoms with E-state index in [2.05, 4.69) is 16.7 Å². The molecule has 2 fully saturated rings. The first kappa shape index (κ1) is 11.7. The second-order valence-electron chi connectivity index (χ2n) is 4.87. The van der Waals surface area contributed by atoms with Crippen LogP contribution in [0.1, 0.15) is 38.5 Å². The highest BCUT2D eigenvalue weighted by Crippen LogP contribution is 2.26. The molecule has 1 atom stereocenters. The molecule has 1 aliphatic heterocycles. The van der Waals surface area contributed by atoms with Crippen molar-refractivity contribution in [3.8, 4) is 0 Å². The van der Waals surface area contributed by atoms with Crippen molar-refractivity contribution in [1.82, 2.24) is 4.90 Å². The van der Waals surface area contributed by atoms with Gasteiger partial charge in [0.1, 0.15) is 0 Å². The smallest absolute Gasteiger partial charge is 0.0298 e. The summed E-state index contributed by atoms with van der Waals surface area (Å²) in [5.74, 6) is 1.29. The average Bonchev–Trinajstić information content (AvgIpc) is 2.58. The van der Waals surface area contributed by atoms with Crippen molar-refractivity contribution >= 4 is 11.8 Å². The van der Waals surface area contributed by atoms with Crippen molar-refractivity contribution in [2.24, 2.45) is 5.73 Å². The van der Waals surface area contributed by atoms with E-state index >= 15 is 0 Å². The topological polar surface area (TPSA) is 29.3 Å². The summed E-state index contributed by atoms with van der Waals surface area (Å²) in [7, 11) is 0. The molecule has 2 nitrogen and oxygen atoms in total. The van der Waals surface area contributed by atoms with Crippen LogP contribution in [0.2, 0.25) is 0 Å². The number of hydrogen-bond donors (Lipinski definition) is 1. The summed E-state index contributed by atoms with van der Waals surface area (Å²) in [5.41, 5.74) is 5.78. The van der Waals surface area contributed by atoms with E-state index in [9.17, 15) is 0 Å². The normalized spacial score (nSPS) is 31.4. The van der Waals surface area contributed by atoms with Gasteiger partial charge in [-0.1, -0.05) is 25.7 Å². The quantitative estimate of drug-likeness (QED) is 0.734. The minimum atomic E-state index is 0.696. The Hall–Kier alpha value is 0.270. The van der Waals surface area contributed by atoms with Crippen molar-refractivity contribution in [3.63, 3.8) is 0 Å². The molecule has 1 saturated heterocycles. The van der Waals surface area contributed by atoms with Crippen LogP contribution in [0.25, 0.3) is 0 Å². The van der Waals surface area contributed by atoms with Crippen molar-refractivity contribution in [2.75, 3.05) is 25.4 Å². The van der Waals surface area contributed by atoms with Crippen LogP contribution in [-0.4, -0.2) is 41.6 Å². The van der Waals surface area contributed by atoms with E-state index in [1.807, 2.05) is 0 Å². The standard InChI is InChI=1S/C12H24N2S/c13-9-12-10-14(7-8-15-12)11-5-3-1-2-4-6-11/h11-12H,1-10,13H2. The van der Waals surface area contributed by atoms with Crippen molar-refractivity contribution in [2.45, 2.75) is 49.8 Å². The van der Waals surface area contributed by atoms with E-state index in [4.69, 9.17) is 5.73 Å². The van der Waals surface area contributed by atoms with Gasteiger partial charge in [-0.2, -0.15) is 11.8 Å². The summed E-state index contributed by atoms with van der Waals surface area (Å²) >= 11 is 2.07. The van der Waals surface area contributed by atoms with E-state index in [1.54, 1.807) is 0 Å². The van der Waals surface area contributed by atoms with Crippen LogP contribution >= 0.6 is 11.8 Å². The van der Waals surface area contributed by atoms with E-state index in [0.717, 1.165) is 12.6 Å². The highest BCUT2D eigenvalue weighted by Gasteiger charge is 2.25. The third kappa shape index (κ3) is 3.36. The fourth-order valence-corrected chi connectivity index (χ4v) is 3.95. The lowest BCUT2D eigenvalue weighted by Crippen LogP contribution is -2.46. The van der Waals surface area contributed by atoms with Gasteiger partial charge in [0.2, 0.25) is 0 Å². The fourth-order valence-electron chi connectivity index (χ4n) is 2.84. The second kappa shape index (κ2) is 6.12. The van der Waals surface area contributed by atoms with Crippen molar-refractivity contribution in [1.29, 1.82) is 0 Å². The molecule has 2 N–H and O–H groups in total. The molecule has 2 rings (SSSR count). The predicted octanol–water partition coefficient (Wildman–Crippen LogP) is 2.09. The predicted molar refractivity (Wildman–Crippen MR) is 68.4 cm³/mol. The van der Waals surface area contributed by atoms with E-state index in [0.29, 0.717) is 5.25 Å². The zero-order valence-corrected chi connectivity index (χ0v) is 10.5. The number of nitrogens with two attached hydrogens (primary N) is 1. The Kier molecular flexibility index (Phi) is 4.79. The molecule has 0 aromatic rings. The van der Waals surface area contributed by atoms with Crippen molar-refractivity contribution in [3.05, 3.63) is 0 Å². The first-order valence-electron chi connectivity index (χ1n) is 6.46. The molecular weight excluding hydrogens is 204 g/mol.